The van der Waals surface area contributed by atoms with Crippen LogP contribution in [0.25, 0.3) is 11.1 Å². The van der Waals surface area contributed by atoms with Gasteiger partial charge in [0, 0.05) is 27.9 Å². The third kappa shape index (κ3) is 4.22. The lowest BCUT2D eigenvalue weighted by Gasteiger charge is -2.15. The first-order valence-electron chi connectivity index (χ1n) is 9.72. The summed E-state index contributed by atoms with van der Waals surface area (Å²) >= 11 is 2.52. The quantitative estimate of drug-likeness (QED) is 0.334. The van der Waals surface area contributed by atoms with Gasteiger partial charge in [-0.1, -0.05) is 30.3 Å². The summed E-state index contributed by atoms with van der Waals surface area (Å²) in [6.45, 7) is 1.91. The molecule has 0 saturated carbocycles. The number of amides is 2. The number of esters is 1. The minimum Gasteiger partial charge on any atom is -0.462 e. The summed E-state index contributed by atoms with van der Waals surface area (Å²) in [7, 11) is 0. The summed E-state index contributed by atoms with van der Waals surface area (Å²) in [5.74, 6) is -1.21. The van der Waals surface area contributed by atoms with Gasteiger partial charge in [-0.25, -0.2) is 9.69 Å². The fraction of sp³-hybridized carbons (Fsp3) is 0.174. The fourth-order valence-electron chi connectivity index (χ4n) is 3.36. The topological polar surface area (TPSA) is 89.7 Å². The molecular weight excluding hydrogens is 432 g/mol. The molecule has 2 aromatic carbocycles. The molecule has 4 rings (SSSR count). The minimum atomic E-state index is -0.562. The standard InChI is InChI=1S/C23H20N2O4S2/c1-2-29-23(28)20-17(14-6-4-3-5-7-14)13-30-22(20)25-19(26)12-18(21(25)27)31-16-10-8-15(24)9-11-16/h3-11,13,18H,2,12,24H2,1H3. The van der Waals surface area contributed by atoms with Gasteiger partial charge in [-0.15, -0.1) is 23.1 Å². The van der Waals surface area contributed by atoms with Crippen LogP contribution in [-0.2, 0) is 14.3 Å². The summed E-state index contributed by atoms with van der Waals surface area (Å²) < 4.78 is 5.25. The van der Waals surface area contributed by atoms with E-state index < -0.39 is 11.2 Å². The summed E-state index contributed by atoms with van der Waals surface area (Å²) in [5.41, 5.74) is 8.07. The summed E-state index contributed by atoms with van der Waals surface area (Å²) in [6.07, 6.45) is 0.0642. The molecule has 1 unspecified atom stereocenters. The first kappa shape index (κ1) is 21.1. The average Bonchev–Trinajstić information content (AvgIpc) is 3.31. The number of hydrogen-bond acceptors (Lipinski definition) is 7. The highest BCUT2D eigenvalue weighted by atomic mass is 32.2. The van der Waals surface area contributed by atoms with Gasteiger partial charge in [0.15, 0.2) is 0 Å². The number of carbonyl (C=O) groups is 3. The minimum absolute atomic E-state index is 0.0642. The first-order valence-corrected chi connectivity index (χ1v) is 11.5. The average molecular weight is 453 g/mol. The van der Waals surface area contributed by atoms with Crippen LogP contribution in [0.3, 0.4) is 0 Å². The van der Waals surface area contributed by atoms with Crippen LogP contribution in [-0.4, -0.2) is 29.6 Å². The molecule has 158 valence electrons. The van der Waals surface area contributed by atoms with Gasteiger partial charge < -0.3 is 10.5 Å². The Morgan fingerprint density at radius 1 is 1.16 bits per heavy atom. The number of thiophene rings is 1. The number of hydrogen-bond donors (Lipinski definition) is 1. The van der Waals surface area contributed by atoms with E-state index in [2.05, 4.69) is 0 Å². The maximum atomic E-state index is 13.2. The molecule has 0 spiro atoms. The van der Waals surface area contributed by atoms with E-state index in [4.69, 9.17) is 10.5 Å². The van der Waals surface area contributed by atoms with Crippen LogP contribution in [0.5, 0.6) is 0 Å². The highest BCUT2D eigenvalue weighted by Crippen LogP contribution is 2.42. The van der Waals surface area contributed by atoms with Gasteiger partial charge in [-0.2, -0.15) is 0 Å². The predicted octanol–water partition coefficient (Wildman–Crippen LogP) is 4.60. The van der Waals surface area contributed by atoms with Crippen LogP contribution >= 0.6 is 23.1 Å². The van der Waals surface area contributed by atoms with Crippen LogP contribution in [0.4, 0.5) is 10.7 Å². The van der Waals surface area contributed by atoms with Gasteiger partial charge in [0.2, 0.25) is 11.8 Å². The van der Waals surface area contributed by atoms with Crippen LogP contribution in [0.15, 0.2) is 64.9 Å². The molecule has 2 heterocycles. The van der Waals surface area contributed by atoms with Crippen molar-refractivity contribution in [2.75, 3.05) is 17.2 Å². The lowest BCUT2D eigenvalue weighted by Crippen LogP contribution is -2.31. The Hall–Kier alpha value is -3.10. The number of imide groups is 1. The van der Waals surface area contributed by atoms with Crippen LogP contribution in [0.2, 0.25) is 0 Å². The number of nitrogen functional groups attached to an aromatic ring is 1. The lowest BCUT2D eigenvalue weighted by molar-refractivity contribution is -0.121. The Balaban J connectivity index is 1.69. The molecule has 1 aliphatic rings. The van der Waals surface area contributed by atoms with Crippen molar-refractivity contribution in [3.8, 4) is 11.1 Å². The smallest absolute Gasteiger partial charge is 0.341 e. The Morgan fingerprint density at radius 3 is 2.55 bits per heavy atom. The fourth-order valence-corrected chi connectivity index (χ4v) is 5.51. The summed E-state index contributed by atoms with van der Waals surface area (Å²) in [4.78, 5) is 40.8. The molecule has 2 amide bonds. The van der Waals surface area contributed by atoms with Crippen molar-refractivity contribution in [1.82, 2.24) is 0 Å². The SMILES string of the molecule is CCOC(=O)c1c(-c2ccccc2)csc1N1C(=O)CC(Sc2ccc(N)cc2)C1=O. The highest BCUT2D eigenvalue weighted by Gasteiger charge is 2.43. The lowest BCUT2D eigenvalue weighted by atomic mass is 10.0. The van der Waals surface area contributed by atoms with Crippen LogP contribution in [0, 0.1) is 0 Å². The molecule has 1 aliphatic heterocycles. The van der Waals surface area contributed by atoms with E-state index in [0.29, 0.717) is 16.3 Å². The molecule has 1 atom stereocenters. The molecule has 1 aromatic heterocycles. The van der Waals surface area contributed by atoms with E-state index >= 15 is 0 Å². The predicted molar refractivity (Wildman–Crippen MR) is 123 cm³/mol. The molecule has 0 radical (unpaired) electrons. The van der Waals surface area contributed by atoms with Crippen molar-refractivity contribution in [2.24, 2.45) is 0 Å². The molecule has 1 saturated heterocycles. The van der Waals surface area contributed by atoms with Crippen molar-refractivity contribution in [3.63, 3.8) is 0 Å². The van der Waals surface area contributed by atoms with Gasteiger partial charge in [-0.05, 0) is 36.8 Å². The number of anilines is 2. The number of nitrogens with zero attached hydrogens (tertiary/aromatic N) is 1. The van der Waals surface area contributed by atoms with Gasteiger partial charge >= 0.3 is 5.97 Å². The number of benzene rings is 2. The second kappa shape index (κ2) is 8.95. The second-order valence-electron chi connectivity index (χ2n) is 6.86. The highest BCUT2D eigenvalue weighted by molar-refractivity contribution is 8.00. The van der Waals surface area contributed by atoms with Crippen molar-refractivity contribution in [1.29, 1.82) is 0 Å². The maximum Gasteiger partial charge on any atom is 0.341 e. The van der Waals surface area contributed by atoms with Gasteiger partial charge in [-0.3, -0.25) is 9.59 Å². The third-order valence-corrected chi connectivity index (χ3v) is 6.96. The molecular formula is C23H20N2O4S2. The molecule has 1 fully saturated rings. The zero-order chi connectivity index (χ0) is 22.0. The van der Waals surface area contributed by atoms with E-state index in [0.717, 1.165) is 15.4 Å². The normalized spacial score (nSPS) is 16.0. The number of nitrogens with two attached hydrogens (primary N) is 1. The van der Waals surface area contributed by atoms with Crippen molar-refractivity contribution >= 4 is 51.6 Å². The Bertz CT molecular complexity index is 1130. The Morgan fingerprint density at radius 2 is 1.87 bits per heavy atom. The molecule has 8 heteroatoms. The van der Waals surface area contributed by atoms with E-state index in [1.165, 1.54) is 23.1 Å². The molecule has 2 N–H and O–H groups in total. The molecule has 3 aromatic rings. The Kier molecular flexibility index (Phi) is 6.11. The largest absolute Gasteiger partial charge is 0.462 e. The number of rotatable bonds is 6. The number of ether oxygens (including phenoxy) is 1. The molecule has 6 nitrogen and oxygen atoms in total. The molecule has 0 aliphatic carbocycles. The van der Waals surface area contributed by atoms with E-state index in [1.807, 2.05) is 42.5 Å². The Labute approximate surface area is 188 Å². The summed E-state index contributed by atoms with van der Waals surface area (Å²) in [5, 5.41) is 1.54. The third-order valence-electron chi connectivity index (χ3n) is 4.80. The first-order chi connectivity index (χ1) is 15.0. The van der Waals surface area contributed by atoms with Crippen LogP contribution < -0.4 is 10.6 Å². The van der Waals surface area contributed by atoms with Crippen molar-refractivity contribution in [2.45, 2.75) is 23.5 Å². The van der Waals surface area contributed by atoms with Crippen LogP contribution in [0.1, 0.15) is 23.7 Å². The van der Waals surface area contributed by atoms with Crippen molar-refractivity contribution < 1.29 is 19.1 Å². The van der Waals surface area contributed by atoms with E-state index in [1.54, 1.807) is 24.4 Å². The van der Waals surface area contributed by atoms with Gasteiger partial charge in [0.05, 0.1) is 11.9 Å². The van der Waals surface area contributed by atoms with E-state index in [-0.39, 0.29) is 30.4 Å². The molecule has 0 bridgehead atoms. The zero-order valence-corrected chi connectivity index (χ0v) is 18.4. The van der Waals surface area contributed by atoms with Gasteiger partial charge in [0.1, 0.15) is 10.6 Å². The van der Waals surface area contributed by atoms with E-state index in [9.17, 15) is 14.4 Å². The number of thioether (sulfide) groups is 1. The monoisotopic (exact) mass is 452 g/mol. The summed E-state index contributed by atoms with van der Waals surface area (Å²) in [6, 6.07) is 16.5. The molecule has 31 heavy (non-hydrogen) atoms. The van der Waals surface area contributed by atoms with Gasteiger partial charge in [0.25, 0.3) is 0 Å². The zero-order valence-electron chi connectivity index (χ0n) is 16.7. The maximum absolute atomic E-state index is 13.2. The van der Waals surface area contributed by atoms with Crippen molar-refractivity contribution in [3.05, 3.63) is 65.5 Å². The second-order valence-corrected chi connectivity index (χ2v) is 9.00. The number of carbonyl (C=O) groups excluding carboxylic acids is 3.